The summed E-state index contributed by atoms with van der Waals surface area (Å²) in [6.07, 6.45) is 1.90. The van der Waals surface area contributed by atoms with E-state index in [9.17, 15) is 24.5 Å². The van der Waals surface area contributed by atoms with Crippen molar-refractivity contribution in [1.82, 2.24) is 5.32 Å². The summed E-state index contributed by atoms with van der Waals surface area (Å²) in [6.45, 7) is 0.725. The van der Waals surface area contributed by atoms with Gasteiger partial charge < -0.3 is 14.4 Å². The van der Waals surface area contributed by atoms with E-state index in [1.54, 1.807) is 12.1 Å². The van der Waals surface area contributed by atoms with Gasteiger partial charge in [-0.05, 0) is 49.2 Å². The van der Waals surface area contributed by atoms with Crippen molar-refractivity contribution in [3.63, 3.8) is 0 Å². The zero-order valence-electron chi connectivity index (χ0n) is 16.8. The zero-order valence-corrected chi connectivity index (χ0v) is 16.8. The van der Waals surface area contributed by atoms with Crippen molar-refractivity contribution in [3.05, 3.63) is 63.7 Å². The fraction of sp³-hybridized carbons (Fsp3) is 0.286. The summed E-state index contributed by atoms with van der Waals surface area (Å²) in [5.41, 5.74) is 0.426. The Kier molecular flexibility index (Phi) is 6.81. The fourth-order valence-electron chi connectivity index (χ4n) is 3.21. The number of amides is 2. The molecule has 0 bridgehead atoms. The van der Waals surface area contributed by atoms with Gasteiger partial charge in [-0.15, -0.1) is 0 Å². The van der Waals surface area contributed by atoms with E-state index in [4.69, 9.17) is 9.47 Å². The Morgan fingerprint density at radius 1 is 1.06 bits per heavy atom. The van der Waals surface area contributed by atoms with E-state index in [0.29, 0.717) is 24.5 Å². The van der Waals surface area contributed by atoms with Gasteiger partial charge in [0.2, 0.25) is 0 Å². The molecule has 0 aliphatic carbocycles. The largest absolute Gasteiger partial charge is 0.497 e. The number of hydrogen-bond acceptors (Lipinski definition) is 8. The van der Waals surface area contributed by atoms with Crippen LogP contribution in [0.5, 0.6) is 5.75 Å². The molecule has 1 N–H and O–H groups in total. The number of methoxy groups -OCH3 is 1. The van der Waals surface area contributed by atoms with Crippen LogP contribution in [-0.2, 0) is 9.53 Å². The van der Waals surface area contributed by atoms with Gasteiger partial charge in [0.1, 0.15) is 11.4 Å². The minimum atomic E-state index is -0.900. The van der Waals surface area contributed by atoms with Crippen molar-refractivity contribution in [3.8, 4) is 5.75 Å². The number of esters is 1. The van der Waals surface area contributed by atoms with Gasteiger partial charge >= 0.3 is 5.97 Å². The number of imide groups is 1. The third-order valence-electron chi connectivity index (χ3n) is 4.79. The first kappa shape index (κ1) is 21.8. The third kappa shape index (κ3) is 5.35. The summed E-state index contributed by atoms with van der Waals surface area (Å²) in [5.74, 6) is -1.82. The second-order valence-corrected chi connectivity index (χ2v) is 6.84. The van der Waals surface area contributed by atoms with Crippen molar-refractivity contribution >= 4 is 29.2 Å². The number of ether oxygens (including phenoxy) is 2. The van der Waals surface area contributed by atoms with Gasteiger partial charge in [-0.2, -0.15) is 0 Å². The van der Waals surface area contributed by atoms with Gasteiger partial charge in [0, 0.05) is 24.7 Å². The molecule has 3 rings (SSSR count). The molecule has 1 fully saturated rings. The second kappa shape index (κ2) is 9.70. The number of anilines is 1. The lowest BCUT2D eigenvalue weighted by molar-refractivity contribution is -0.384. The Hall–Kier alpha value is -3.95. The van der Waals surface area contributed by atoms with Crippen LogP contribution in [0.25, 0.3) is 0 Å². The number of nitrogens with one attached hydrogen (secondary N) is 1. The predicted molar refractivity (Wildman–Crippen MR) is 110 cm³/mol. The predicted octanol–water partition coefficient (Wildman–Crippen LogP) is 2.32. The van der Waals surface area contributed by atoms with Gasteiger partial charge in [-0.1, -0.05) is 0 Å². The van der Waals surface area contributed by atoms with Crippen LogP contribution in [-0.4, -0.2) is 49.5 Å². The van der Waals surface area contributed by atoms with Gasteiger partial charge in [-0.25, -0.2) is 4.79 Å². The molecule has 2 aromatic carbocycles. The van der Waals surface area contributed by atoms with Crippen molar-refractivity contribution in [2.45, 2.75) is 12.8 Å². The van der Waals surface area contributed by atoms with E-state index < -0.39 is 29.3 Å². The summed E-state index contributed by atoms with van der Waals surface area (Å²) in [4.78, 5) is 49.0. The number of hydrogen-bond donors (Lipinski definition) is 1. The summed E-state index contributed by atoms with van der Waals surface area (Å²) >= 11 is 0. The molecule has 1 aliphatic rings. The smallest absolute Gasteiger partial charge is 0.338 e. The molecule has 2 amide bonds. The molecule has 10 heteroatoms. The normalized spacial score (nSPS) is 12.9. The Bertz CT molecular complexity index is 999. The van der Waals surface area contributed by atoms with E-state index in [1.807, 2.05) is 4.90 Å². The second-order valence-electron chi connectivity index (χ2n) is 6.84. The van der Waals surface area contributed by atoms with E-state index in [0.717, 1.165) is 18.9 Å². The zero-order chi connectivity index (χ0) is 22.4. The Labute approximate surface area is 177 Å². The molecule has 162 valence electrons. The highest BCUT2D eigenvalue weighted by atomic mass is 16.6. The fourth-order valence-corrected chi connectivity index (χ4v) is 3.21. The maximum atomic E-state index is 12.2. The molecular weight excluding hydrogens is 406 g/mol. The Balaban J connectivity index is 1.59. The number of benzene rings is 2. The van der Waals surface area contributed by atoms with E-state index in [2.05, 4.69) is 5.32 Å². The molecule has 0 atom stereocenters. The van der Waals surface area contributed by atoms with Crippen LogP contribution in [0.3, 0.4) is 0 Å². The minimum absolute atomic E-state index is 0.0519. The number of rotatable bonds is 7. The van der Waals surface area contributed by atoms with Crippen LogP contribution in [0.4, 0.5) is 11.4 Å². The average Bonchev–Trinajstić information content (AvgIpc) is 3.31. The first-order valence-corrected chi connectivity index (χ1v) is 9.58. The minimum Gasteiger partial charge on any atom is -0.497 e. The molecule has 1 aliphatic heterocycles. The first-order chi connectivity index (χ1) is 14.9. The number of carbonyl (C=O) groups is 3. The maximum absolute atomic E-state index is 12.2. The van der Waals surface area contributed by atoms with Gasteiger partial charge in [0.25, 0.3) is 17.5 Å². The molecule has 0 spiro atoms. The van der Waals surface area contributed by atoms with Crippen LogP contribution in [0.15, 0.2) is 42.5 Å². The lowest BCUT2D eigenvalue weighted by Gasteiger charge is -2.17. The van der Waals surface area contributed by atoms with Gasteiger partial charge in [0.05, 0.1) is 17.6 Å². The molecule has 0 aromatic heterocycles. The molecule has 0 saturated carbocycles. The van der Waals surface area contributed by atoms with Crippen LogP contribution in [0.2, 0.25) is 0 Å². The van der Waals surface area contributed by atoms with Gasteiger partial charge in [-0.3, -0.25) is 25.0 Å². The summed E-state index contributed by atoms with van der Waals surface area (Å²) in [5, 5.41) is 13.5. The van der Waals surface area contributed by atoms with Gasteiger partial charge in [0.15, 0.2) is 6.61 Å². The van der Waals surface area contributed by atoms with Crippen molar-refractivity contribution < 1.29 is 28.8 Å². The SMILES string of the molecule is COc1ccc(C(=O)NC(=O)COC(=O)c2ccc(N3CCCC3)c([N+](=O)[O-])c2)cc1. The number of nitrogens with zero attached hydrogens (tertiary/aromatic N) is 2. The van der Waals surface area contributed by atoms with Crippen molar-refractivity contribution in [2.75, 3.05) is 31.7 Å². The standard InChI is InChI=1S/C21H21N3O7/c1-30-16-7-4-14(5-8-16)20(26)22-19(25)13-31-21(27)15-6-9-17(18(12-15)24(28)29)23-10-2-3-11-23/h4-9,12H,2-3,10-11,13H2,1H3,(H,22,25,26). The highest BCUT2D eigenvalue weighted by Gasteiger charge is 2.24. The highest BCUT2D eigenvalue weighted by Crippen LogP contribution is 2.31. The Morgan fingerprint density at radius 2 is 1.71 bits per heavy atom. The topological polar surface area (TPSA) is 128 Å². The first-order valence-electron chi connectivity index (χ1n) is 9.58. The van der Waals surface area contributed by atoms with E-state index >= 15 is 0 Å². The van der Waals surface area contributed by atoms with Crippen LogP contribution >= 0.6 is 0 Å². The van der Waals surface area contributed by atoms with Crippen molar-refractivity contribution in [2.24, 2.45) is 0 Å². The number of nitro groups is 1. The third-order valence-corrected chi connectivity index (χ3v) is 4.79. The monoisotopic (exact) mass is 427 g/mol. The quantitative estimate of drug-likeness (QED) is 0.405. The maximum Gasteiger partial charge on any atom is 0.338 e. The lowest BCUT2D eigenvalue weighted by atomic mass is 10.1. The van der Waals surface area contributed by atoms with E-state index in [1.165, 1.54) is 31.4 Å². The van der Waals surface area contributed by atoms with E-state index in [-0.39, 0.29) is 16.8 Å². The molecule has 2 aromatic rings. The summed E-state index contributed by atoms with van der Waals surface area (Å²) in [6, 6.07) is 10.2. The molecular formula is C21H21N3O7. The van der Waals surface area contributed by atoms with Crippen molar-refractivity contribution in [1.29, 1.82) is 0 Å². The summed E-state index contributed by atoms with van der Waals surface area (Å²) < 4.78 is 9.90. The molecule has 31 heavy (non-hydrogen) atoms. The summed E-state index contributed by atoms with van der Waals surface area (Å²) in [7, 11) is 1.49. The number of carbonyl (C=O) groups excluding carboxylic acids is 3. The van der Waals surface area contributed by atoms with Crippen LogP contribution < -0.4 is 15.0 Å². The molecule has 10 nitrogen and oxygen atoms in total. The Morgan fingerprint density at radius 3 is 2.32 bits per heavy atom. The van der Waals surface area contributed by atoms with Crippen LogP contribution in [0.1, 0.15) is 33.6 Å². The molecule has 0 unspecified atom stereocenters. The number of nitro benzene ring substituents is 1. The molecule has 1 saturated heterocycles. The molecule has 0 radical (unpaired) electrons. The molecule has 1 heterocycles. The lowest BCUT2D eigenvalue weighted by Crippen LogP contribution is -2.34. The highest BCUT2D eigenvalue weighted by molar-refractivity contribution is 6.05. The van der Waals surface area contributed by atoms with Crippen LogP contribution in [0, 0.1) is 10.1 Å². The average molecular weight is 427 g/mol.